The summed E-state index contributed by atoms with van der Waals surface area (Å²) in [6, 6.07) is 17.4. The molecule has 10 nitrogen and oxygen atoms in total. The van der Waals surface area contributed by atoms with Crippen LogP contribution in [0, 0.1) is 0 Å². The third-order valence-electron chi connectivity index (χ3n) is 6.16. The molecule has 2 aromatic carbocycles. The highest BCUT2D eigenvalue weighted by molar-refractivity contribution is 5.98. The molecule has 39 heavy (non-hydrogen) atoms. The van der Waals surface area contributed by atoms with Gasteiger partial charge in [-0.1, -0.05) is 55.0 Å². The van der Waals surface area contributed by atoms with Gasteiger partial charge in [-0.2, -0.15) is 0 Å². The standard InChI is InChI=1S/C29H35N3O7/c1-32(18-9-3-6-16-26(33)34)28(36)23(31-27(35)25-19-22-13-7-8-15-24(22)39-25)14-10-17-30-29(37)38-20-21-11-4-2-5-12-21/h2,4-5,7-8,11-13,15,19,23H,3,6,9-10,14,16-18,20H2,1H3,(H,30,37)(H,31,35)(H,33,34)/t23-/m0/s1. The van der Waals surface area contributed by atoms with Crippen LogP contribution in [0.5, 0.6) is 0 Å². The third kappa shape index (κ3) is 9.81. The summed E-state index contributed by atoms with van der Waals surface area (Å²) >= 11 is 0. The van der Waals surface area contributed by atoms with Crippen molar-refractivity contribution in [2.75, 3.05) is 20.1 Å². The first-order valence-electron chi connectivity index (χ1n) is 13.0. The number of unbranched alkanes of at least 4 members (excludes halogenated alkanes) is 2. The average Bonchev–Trinajstić information content (AvgIpc) is 3.38. The maximum atomic E-state index is 13.2. The number of fused-ring (bicyclic) bond motifs is 1. The van der Waals surface area contributed by atoms with E-state index in [1.807, 2.05) is 48.5 Å². The Bertz CT molecular complexity index is 1210. The van der Waals surface area contributed by atoms with Crippen molar-refractivity contribution in [3.8, 4) is 0 Å². The van der Waals surface area contributed by atoms with Crippen molar-refractivity contribution in [2.45, 2.75) is 51.2 Å². The van der Waals surface area contributed by atoms with Gasteiger partial charge in [-0.05, 0) is 43.4 Å². The topological polar surface area (TPSA) is 138 Å². The molecule has 1 atom stereocenters. The molecule has 1 aromatic heterocycles. The number of carboxylic acids is 1. The quantitative estimate of drug-likeness (QED) is 0.245. The fraction of sp³-hybridized carbons (Fsp3) is 0.379. The van der Waals surface area contributed by atoms with Gasteiger partial charge in [0.1, 0.15) is 18.2 Å². The van der Waals surface area contributed by atoms with Crippen LogP contribution in [0.25, 0.3) is 11.0 Å². The first-order valence-corrected chi connectivity index (χ1v) is 13.0. The smallest absolute Gasteiger partial charge is 0.407 e. The normalized spacial score (nSPS) is 11.5. The van der Waals surface area contributed by atoms with E-state index in [2.05, 4.69) is 10.6 Å². The van der Waals surface area contributed by atoms with Crippen LogP contribution in [-0.4, -0.2) is 60.1 Å². The van der Waals surface area contributed by atoms with Crippen molar-refractivity contribution < 1.29 is 33.4 Å². The second kappa shape index (κ2) is 15.2. The maximum Gasteiger partial charge on any atom is 0.407 e. The maximum absolute atomic E-state index is 13.2. The Morgan fingerprint density at radius 3 is 2.46 bits per heavy atom. The summed E-state index contributed by atoms with van der Waals surface area (Å²) in [5.74, 6) is -1.52. The molecule has 0 saturated heterocycles. The van der Waals surface area contributed by atoms with Crippen LogP contribution in [0.1, 0.15) is 54.6 Å². The van der Waals surface area contributed by atoms with Gasteiger partial charge in [0.2, 0.25) is 5.91 Å². The minimum atomic E-state index is -0.842. The number of hydrogen-bond acceptors (Lipinski definition) is 6. The van der Waals surface area contributed by atoms with Crippen LogP contribution in [0.4, 0.5) is 4.79 Å². The van der Waals surface area contributed by atoms with Gasteiger partial charge in [-0.3, -0.25) is 14.4 Å². The number of furan rings is 1. The Morgan fingerprint density at radius 1 is 0.974 bits per heavy atom. The van der Waals surface area contributed by atoms with Gasteiger partial charge >= 0.3 is 12.1 Å². The predicted molar refractivity (Wildman–Crippen MR) is 145 cm³/mol. The summed E-state index contributed by atoms with van der Waals surface area (Å²) in [5, 5.41) is 15.0. The summed E-state index contributed by atoms with van der Waals surface area (Å²) in [4.78, 5) is 50.4. The number of nitrogens with zero attached hydrogens (tertiary/aromatic N) is 1. The van der Waals surface area contributed by atoms with Crippen molar-refractivity contribution in [2.24, 2.45) is 0 Å². The van der Waals surface area contributed by atoms with Gasteiger partial charge in [-0.25, -0.2) is 4.79 Å². The number of rotatable bonds is 15. The van der Waals surface area contributed by atoms with Crippen LogP contribution < -0.4 is 10.6 Å². The Hall–Kier alpha value is -4.34. The average molecular weight is 538 g/mol. The summed E-state index contributed by atoms with van der Waals surface area (Å²) in [5.41, 5.74) is 1.44. The minimum Gasteiger partial charge on any atom is -0.481 e. The van der Waals surface area contributed by atoms with E-state index in [1.165, 1.54) is 4.90 Å². The zero-order valence-electron chi connectivity index (χ0n) is 22.1. The van der Waals surface area contributed by atoms with E-state index in [0.29, 0.717) is 37.8 Å². The zero-order chi connectivity index (χ0) is 28.0. The van der Waals surface area contributed by atoms with Crippen molar-refractivity contribution in [1.82, 2.24) is 15.5 Å². The number of para-hydroxylation sites is 1. The second-order valence-corrected chi connectivity index (χ2v) is 9.27. The van der Waals surface area contributed by atoms with E-state index in [-0.39, 0.29) is 37.7 Å². The molecule has 3 aromatic rings. The lowest BCUT2D eigenvalue weighted by Gasteiger charge is -2.24. The van der Waals surface area contributed by atoms with Gasteiger partial charge in [0.25, 0.3) is 5.91 Å². The number of nitrogens with one attached hydrogen (secondary N) is 2. The Balaban J connectivity index is 1.53. The highest BCUT2D eigenvalue weighted by Crippen LogP contribution is 2.19. The first kappa shape index (κ1) is 29.2. The molecule has 0 radical (unpaired) electrons. The number of carboxylic acid groups (broad SMARTS) is 1. The fourth-order valence-electron chi connectivity index (χ4n) is 4.03. The molecular weight excluding hydrogens is 502 g/mol. The Morgan fingerprint density at radius 2 is 1.72 bits per heavy atom. The Kier molecular flexibility index (Phi) is 11.4. The molecule has 0 unspecified atom stereocenters. The van der Waals surface area contributed by atoms with Gasteiger partial charge in [0, 0.05) is 31.9 Å². The van der Waals surface area contributed by atoms with E-state index >= 15 is 0 Å². The lowest BCUT2D eigenvalue weighted by Crippen LogP contribution is -2.47. The van der Waals surface area contributed by atoms with Crippen LogP contribution >= 0.6 is 0 Å². The molecule has 0 spiro atoms. The van der Waals surface area contributed by atoms with Crippen LogP contribution in [0.2, 0.25) is 0 Å². The number of hydrogen-bond donors (Lipinski definition) is 3. The zero-order valence-corrected chi connectivity index (χ0v) is 22.1. The van der Waals surface area contributed by atoms with E-state index in [4.69, 9.17) is 14.3 Å². The van der Waals surface area contributed by atoms with E-state index in [1.54, 1.807) is 19.2 Å². The van der Waals surface area contributed by atoms with E-state index < -0.39 is 24.0 Å². The molecule has 208 valence electrons. The number of ether oxygens (including phenoxy) is 1. The molecule has 0 saturated carbocycles. The number of benzene rings is 2. The van der Waals surface area contributed by atoms with Gasteiger partial charge in [0.15, 0.2) is 5.76 Å². The van der Waals surface area contributed by atoms with E-state index in [0.717, 1.165) is 10.9 Å². The van der Waals surface area contributed by atoms with Gasteiger partial charge < -0.3 is 29.8 Å². The molecule has 10 heteroatoms. The number of carbonyl (C=O) groups excluding carboxylic acids is 3. The third-order valence-corrected chi connectivity index (χ3v) is 6.16. The van der Waals surface area contributed by atoms with Gasteiger partial charge in [-0.15, -0.1) is 0 Å². The molecule has 3 amide bonds. The number of aliphatic carboxylic acids is 1. The van der Waals surface area contributed by atoms with Crippen LogP contribution in [-0.2, 0) is 20.9 Å². The summed E-state index contributed by atoms with van der Waals surface area (Å²) < 4.78 is 10.9. The lowest BCUT2D eigenvalue weighted by atomic mass is 10.1. The van der Waals surface area contributed by atoms with Crippen molar-refractivity contribution in [1.29, 1.82) is 0 Å². The van der Waals surface area contributed by atoms with E-state index in [9.17, 15) is 19.2 Å². The molecule has 0 aliphatic heterocycles. The Labute approximate surface area is 227 Å². The number of amides is 3. The molecule has 0 bridgehead atoms. The first-order chi connectivity index (χ1) is 18.8. The fourth-order valence-corrected chi connectivity index (χ4v) is 4.03. The molecule has 0 fully saturated rings. The van der Waals surface area contributed by atoms with Crippen molar-refractivity contribution >= 4 is 34.8 Å². The monoisotopic (exact) mass is 537 g/mol. The highest BCUT2D eigenvalue weighted by Gasteiger charge is 2.25. The minimum absolute atomic E-state index is 0.0919. The highest BCUT2D eigenvalue weighted by atomic mass is 16.5. The van der Waals surface area contributed by atoms with Crippen molar-refractivity contribution in [3.05, 3.63) is 72.0 Å². The number of likely N-dealkylation sites (N-methyl/N-ethyl adjacent to an activating group) is 1. The largest absolute Gasteiger partial charge is 0.481 e. The molecule has 0 aliphatic rings. The number of carbonyl (C=O) groups is 4. The molecular formula is C29H35N3O7. The molecule has 3 N–H and O–H groups in total. The SMILES string of the molecule is CN(CCCCCC(=O)O)C(=O)[C@H](CCCNC(=O)OCc1ccccc1)NC(=O)c1cc2ccccc2o1. The number of alkyl carbamates (subject to hydrolysis) is 1. The summed E-state index contributed by atoms with van der Waals surface area (Å²) in [6.07, 6.45) is 2.09. The predicted octanol–water partition coefficient (Wildman–Crippen LogP) is 4.34. The van der Waals surface area contributed by atoms with Crippen LogP contribution in [0.15, 0.2) is 65.1 Å². The molecule has 1 heterocycles. The summed E-state index contributed by atoms with van der Waals surface area (Å²) in [6.45, 7) is 0.842. The van der Waals surface area contributed by atoms with Crippen molar-refractivity contribution in [3.63, 3.8) is 0 Å². The second-order valence-electron chi connectivity index (χ2n) is 9.27. The van der Waals surface area contributed by atoms with Crippen LogP contribution in [0.3, 0.4) is 0 Å². The lowest BCUT2D eigenvalue weighted by molar-refractivity contribution is -0.137. The molecule has 0 aliphatic carbocycles. The summed E-state index contributed by atoms with van der Waals surface area (Å²) in [7, 11) is 1.65. The van der Waals surface area contributed by atoms with Gasteiger partial charge in [0.05, 0.1) is 0 Å². The molecule has 3 rings (SSSR count).